The van der Waals surface area contributed by atoms with Crippen LogP contribution < -0.4 is 5.73 Å². The Labute approximate surface area is 108 Å². The second-order valence-corrected chi connectivity index (χ2v) is 4.44. The maximum atomic E-state index is 5.93. The molecule has 18 heavy (non-hydrogen) atoms. The van der Waals surface area contributed by atoms with Gasteiger partial charge in [0.25, 0.3) is 0 Å². The average Bonchev–Trinajstić information content (AvgIpc) is 2.45. The Bertz CT molecular complexity index is 372. The topological polar surface area (TPSA) is 50.8 Å². The standard InChI is InChI=1S/C14H21N3O/c15-14(13-5-2-1-3-6-13)16-7-4-8-17-9-11-18-12-10-17/h1-3,5-6H,4,7-12H2,(H2,15,16). The van der Waals surface area contributed by atoms with Gasteiger partial charge < -0.3 is 10.5 Å². The van der Waals surface area contributed by atoms with Crippen LogP contribution in [0.3, 0.4) is 0 Å². The number of hydrogen-bond donors (Lipinski definition) is 1. The minimum Gasteiger partial charge on any atom is -0.384 e. The smallest absolute Gasteiger partial charge is 0.125 e. The molecule has 0 bridgehead atoms. The molecule has 1 aromatic carbocycles. The van der Waals surface area contributed by atoms with Crippen molar-refractivity contribution >= 4 is 5.84 Å². The molecule has 0 atom stereocenters. The van der Waals surface area contributed by atoms with Crippen LogP contribution in [-0.2, 0) is 4.74 Å². The highest BCUT2D eigenvalue weighted by Gasteiger charge is 2.08. The van der Waals surface area contributed by atoms with Gasteiger partial charge in [0.05, 0.1) is 13.2 Å². The lowest BCUT2D eigenvalue weighted by Crippen LogP contribution is -2.37. The van der Waals surface area contributed by atoms with Crippen molar-refractivity contribution in [3.63, 3.8) is 0 Å². The number of ether oxygens (including phenoxy) is 1. The molecule has 1 aliphatic rings. The van der Waals surface area contributed by atoms with Crippen molar-refractivity contribution in [2.24, 2.45) is 10.7 Å². The summed E-state index contributed by atoms with van der Waals surface area (Å²) in [6.45, 7) is 5.66. The molecule has 1 heterocycles. The Morgan fingerprint density at radius 3 is 2.67 bits per heavy atom. The second kappa shape index (κ2) is 7.13. The van der Waals surface area contributed by atoms with Crippen molar-refractivity contribution in [3.05, 3.63) is 35.9 Å². The van der Waals surface area contributed by atoms with Gasteiger partial charge in [0.2, 0.25) is 0 Å². The molecule has 0 aromatic heterocycles. The fourth-order valence-corrected chi connectivity index (χ4v) is 2.02. The Morgan fingerprint density at radius 2 is 1.94 bits per heavy atom. The number of morpholine rings is 1. The van der Waals surface area contributed by atoms with Gasteiger partial charge in [-0.2, -0.15) is 0 Å². The van der Waals surface area contributed by atoms with Crippen LogP contribution in [-0.4, -0.2) is 50.1 Å². The normalized spacial score (nSPS) is 17.9. The highest BCUT2D eigenvalue weighted by Crippen LogP contribution is 2.00. The van der Waals surface area contributed by atoms with Gasteiger partial charge >= 0.3 is 0 Å². The zero-order valence-corrected chi connectivity index (χ0v) is 10.7. The maximum absolute atomic E-state index is 5.93. The lowest BCUT2D eigenvalue weighted by molar-refractivity contribution is 0.0377. The summed E-state index contributed by atoms with van der Waals surface area (Å²) in [6.07, 6.45) is 1.05. The van der Waals surface area contributed by atoms with Crippen molar-refractivity contribution in [3.8, 4) is 0 Å². The highest BCUT2D eigenvalue weighted by molar-refractivity contribution is 5.97. The second-order valence-electron chi connectivity index (χ2n) is 4.44. The number of aliphatic imine (C=N–C) groups is 1. The SMILES string of the molecule is NC(=NCCCN1CCOCC1)c1ccccc1. The molecule has 1 fully saturated rings. The molecular weight excluding hydrogens is 226 g/mol. The number of amidine groups is 1. The predicted molar refractivity (Wildman–Crippen MR) is 73.9 cm³/mol. The van der Waals surface area contributed by atoms with Crippen LogP contribution in [0.5, 0.6) is 0 Å². The lowest BCUT2D eigenvalue weighted by atomic mass is 10.2. The van der Waals surface area contributed by atoms with E-state index >= 15 is 0 Å². The van der Waals surface area contributed by atoms with Gasteiger partial charge in [0.15, 0.2) is 0 Å². The third-order valence-corrected chi connectivity index (χ3v) is 3.09. The zero-order valence-electron chi connectivity index (χ0n) is 10.7. The number of nitrogens with two attached hydrogens (primary N) is 1. The third kappa shape index (κ3) is 4.13. The molecule has 2 N–H and O–H groups in total. The van der Waals surface area contributed by atoms with E-state index in [9.17, 15) is 0 Å². The van der Waals surface area contributed by atoms with Gasteiger partial charge in [-0.15, -0.1) is 0 Å². The Kier molecular flexibility index (Phi) is 5.17. The zero-order chi connectivity index (χ0) is 12.6. The Morgan fingerprint density at radius 1 is 1.22 bits per heavy atom. The van der Waals surface area contributed by atoms with Crippen LogP contribution in [0.4, 0.5) is 0 Å². The van der Waals surface area contributed by atoms with Gasteiger partial charge in [0, 0.05) is 31.7 Å². The Balaban J connectivity index is 1.70. The Hall–Kier alpha value is -1.39. The van der Waals surface area contributed by atoms with Crippen LogP contribution in [0, 0.1) is 0 Å². The van der Waals surface area contributed by atoms with Crippen LogP contribution in [0.2, 0.25) is 0 Å². The van der Waals surface area contributed by atoms with Crippen molar-refractivity contribution in [2.75, 3.05) is 39.4 Å². The highest BCUT2D eigenvalue weighted by atomic mass is 16.5. The van der Waals surface area contributed by atoms with Crippen molar-refractivity contribution < 1.29 is 4.74 Å². The van der Waals surface area contributed by atoms with Crippen LogP contribution in [0.15, 0.2) is 35.3 Å². The number of rotatable bonds is 5. The van der Waals surface area contributed by atoms with Gasteiger partial charge in [-0.3, -0.25) is 9.89 Å². The van der Waals surface area contributed by atoms with Gasteiger partial charge in [-0.1, -0.05) is 30.3 Å². The maximum Gasteiger partial charge on any atom is 0.125 e. The summed E-state index contributed by atoms with van der Waals surface area (Å²) in [5.41, 5.74) is 6.93. The van der Waals surface area contributed by atoms with Crippen molar-refractivity contribution in [1.82, 2.24) is 4.90 Å². The molecule has 1 saturated heterocycles. The number of hydrogen-bond acceptors (Lipinski definition) is 3. The molecule has 0 radical (unpaired) electrons. The van der Waals surface area contributed by atoms with Gasteiger partial charge in [-0.25, -0.2) is 0 Å². The van der Waals surface area contributed by atoms with Gasteiger partial charge in [0.1, 0.15) is 5.84 Å². The molecular formula is C14H21N3O. The molecule has 0 aliphatic carbocycles. The van der Waals surface area contributed by atoms with E-state index in [1.165, 1.54) is 0 Å². The van der Waals surface area contributed by atoms with Crippen LogP contribution in [0.1, 0.15) is 12.0 Å². The van der Waals surface area contributed by atoms with Crippen molar-refractivity contribution in [2.45, 2.75) is 6.42 Å². The molecule has 0 spiro atoms. The molecule has 0 amide bonds. The van der Waals surface area contributed by atoms with E-state index in [0.717, 1.165) is 51.4 Å². The summed E-state index contributed by atoms with van der Waals surface area (Å²) in [6, 6.07) is 9.91. The summed E-state index contributed by atoms with van der Waals surface area (Å²) in [4.78, 5) is 6.83. The first kappa shape index (κ1) is 13.1. The predicted octanol–water partition coefficient (Wildman–Crippen LogP) is 1.11. The number of nitrogens with zero attached hydrogens (tertiary/aromatic N) is 2. The molecule has 0 saturated carbocycles. The monoisotopic (exact) mass is 247 g/mol. The molecule has 1 aromatic rings. The summed E-state index contributed by atoms with van der Waals surface area (Å²) in [5, 5.41) is 0. The van der Waals surface area contributed by atoms with E-state index in [-0.39, 0.29) is 0 Å². The molecule has 1 aliphatic heterocycles. The van der Waals surface area contributed by atoms with E-state index in [1.807, 2.05) is 30.3 Å². The van der Waals surface area contributed by atoms with E-state index < -0.39 is 0 Å². The van der Waals surface area contributed by atoms with E-state index in [1.54, 1.807) is 0 Å². The molecule has 4 heteroatoms. The quantitative estimate of drug-likeness (QED) is 0.482. The minimum absolute atomic E-state index is 0.637. The summed E-state index contributed by atoms with van der Waals surface area (Å²) in [5.74, 6) is 0.637. The average molecular weight is 247 g/mol. The van der Waals surface area contributed by atoms with E-state index in [2.05, 4.69) is 9.89 Å². The minimum atomic E-state index is 0.637. The summed E-state index contributed by atoms with van der Waals surface area (Å²) in [7, 11) is 0. The first-order valence-corrected chi connectivity index (χ1v) is 6.52. The first-order valence-electron chi connectivity index (χ1n) is 6.52. The molecule has 0 unspecified atom stereocenters. The van der Waals surface area contributed by atoms with Crippen LogP contribution in [0.25, 0.3) is 0 Å². The molecule has 98 valence electrons. The molecule has 2 rings (SSSR count). The first-order chi connectivity index (χ1) is 8.86. The van der Waals surface area contributed by atoms with Crippen LogP contribution >= 0.6 is 0 Å². The fraction of sp³-hybridized carbons (Fsp3) is 0.500. The lowest BCUT2D eigenvalue weighted by Gasteiger charge is -2.26. The van der Waals surface area contributed by atoms with Crippen molar-refractivity contribution in [1.29, 1.82) is 0 Å². The van der Waals surface area contributed by atoms with E-state index in [0.29, 0.717) is 5.84 Å². The largest absolute Gasteiger partial charge is 0.384 e. The molecule has 4 nitrogen and oxygen atoms in total. The number of benzene rings is 1. The van der Waals surface area contributed by atoms with Gasteiger partial charge in [-0.05, 0) is 6.42 Å². The third-order valence-electron chi connectivity index (χ3n) is 3.09. The summed E-state index contributed by atoms with van der Waals surface area (Å²) >= 11 is 0. The fourth-order valence-electron chi connectivity index (χ4n) is 2.02. The van der Waals surface area contributed by atoms with E-state index in [4.69, 9.17) is 10.5 Å². The summed E-state index contributed by atoms with van der Waals surface area (Å²) < 4.78 is 5.31.